The van der Waals surface area contributed by atoms with Crippen molar-refractivity contribution in [3.05, 3.63) is 42.1 Å². The van der Waals surface area contributed by atoms with E-state index in [1.165, 1.54) is 30.5 Å². The van der Waals surface area contributed by atoms with E-state index < -0.39 is 11.7 Å². The maximum Gasteiger partial charge on any atom is 0.419 e. The molecule has 0 atom stereocenters. The van der Waals surface area contributed by atoms with Crippen molar-refractivity contribution in [2.75, 3.05) is 5.73 Å². The van der Waals surface area contributed by atoms with Crippen molar-refractivity contribution < 1.29 is 17.9 Å². The average Bonchev–Trinajstić information content (AvgIpc) is 2.28. The van der Waals surface area contributed by atoms with Gasteiger partial charge in [0.25, 0.3) is 0 Å². The molecule has 7 heteroatoms. The largest absolute Gasteiger partial charge is 0.438 e. The van der Waals surface area contributed by atoms with Crippen LogP contribution in [-0.2, 0) is 6.18 Å². The fourth-order valence-corrected chi connectivity index (χ4v) is 1.32. The topological polar surface area (TPSA) is 61.0 Å². The molecule has 0 saturated heterocycles. The molecule has 18 heavy (non-hydrogen) atoms. The summed E-state index contributed by atoms with van der Waals surface area (Å²) in [5, 5.41) is 0. The quantitative estimate of drug-likeness (QED) is 0.896. The van der Waals surface area contributed by atoms with Gasteiger partial charge in [0.15, 0.2) is 0 Å². The Morgan fingerprint density at radius 1 is 1.11 bits per heavy atom. The summed E-state index contributed by atoms with van der Waals surface area (Å²) < 4.78 is 43.1. The molecular weight excluding hydrogens is 247 g/mol. The van der Waals surface area contributed by atoms with Crippen molar-refractivity contribution >= 4 is 5.95 Å². The number of nitrogens with two attached hydrogens (primary N) is 1. The van der Waals surface area contributed by atoms with Crippen LogP contribution in [0.5, 0.6) is 11.6 Å². The number of nitrogens with zero attached hydrogens (tertiary/aromatic N) is 2. The molecular formula is C11H8F3N3O. The lowest BCUT2D eigenvalue weighted by Crippen LogP contribution is -2.07. The highest BCUT2D eigenvalue weighted by Gasteiger charge is 2.34. The molecule has 0 radical (unpaired) electrons. The highest BCUT2D eigenvalue weighted by molar-refractivity contribution is 5.38. The summed E-state index contributed by atoms with van der Waals surface area (Å²) in [6.07, 6.45) is -3.19. The smallest absolute Gasteiger partial charge is 0.419 e. The second-order valence-corrected chi connectivity index (χ2v) is 3.35. The van der Waals surface area contributed by atoms with Crippen molar-refractivity contribution in [1.29, 1.82) is 0 Å². The van der Waals surface area contributed by atoms with Crippen molar-refractivity contribution in [3.8, 4) is 11.6 Å². The summed E-state index contributed by atoms with van der Waals surface area (Å²) in [7, 11) is 0. The first kappa shape index (κ1) is 12.2. The molecule has 2 N–H and O–H groups in total. The lowest BCUT2D eigenvalue weighted by Gasteiger charge is -2.12. The van der Waals surface area contributed by atoms with Crippen LogP contribution in [0.3, 0.4) is 0 Å². The average molecular weight is 255 g/mol. The van der Waals surface area contributed by atoms with Crippen molar-refractivity contribution in [3.63, 3.8) is 0 Å². The molecule has 0 aliphatic heterocycles. The van der Waals surface area contributed by atoms with E-state index in [0.29, 0.717) is 0 Å². The summed E-state index contributed by atoms with van der Waals surface area (Å²) in [5.74, 6) is -0.445. The SMILES string of the molecule is Nc1nccc(Oc2ccccc2C(F)(F)F)n1. The van der Waals surface area contributed by atoms with Crippen LogP contribution in [0.25, 0.3) is 0 Å². The van der Waals surface area contributed by atoms with Crippen LogP contribution in [0.2, 0.25) is 0 Å². The number of hydrogen-bond donors (Lipinski definition) is 1. The second kappa shape index (κ2) is 4.52. The molecule has 1 aromatic carbocycles. The Morgan fingerprint density at radius 2 is 1.83 bits per heavy atom. The van der Waals surface area contributed by atoms with Gasteiger partial charge in [-0.05, 0) is 12.1 Å². The van der Waals surface area contributed by atoms with Gasteiger partial charge in [-0.3, -0.25) is 0 Å². The number of aromatic nitrogens is 2. The Balaban J connectivity index is 2.35. The number of alkyl halides is 3. The molecule has 0 spiro atoms. The van der Waals surface area contributed by atoms with Crippen molar-refractivity contribution in [2.24, 2.45) is 0 Å². The molecule has 0 saturated carbocycles. The molecule has 0 bridgehead atoms. The summed E-state index contributed by atoms with van der Waals surface area (Å²) in [6.45, 7) is 0. The number of rotatable bonds is 2. The molecule has 94 valence electrons. The summed E-state index contributed by atoms with van der Waals surface area (Å²) in [6, 6.07) is 6.18. The first-order valence-corrected chi connectivity index (χ1v) is 4.89. The standard InChI is InChI=1S/C11H8F3N3O/c12-11(13,14)7-3-1-2-4-8(7)18-9-5-6-16-10(15)17-9/h1-6H,(H2,15,16,17). The van der Waals surface area contributed by atoms with E-state index in [9.17, 15) is 13.2 Å². The van der Waals surface area contributed by atoms with Gasteiger partial charge in [0.05, 0.1) is 5.56 Å². The summed E-state index contributed by atoms with van der Waals surface area (Å²) >= 11 is 0. The number of ether oxygens (including phenoxy) is 1. The van der Waals surface area contributed by atoms with E-state index in [-0.39, 0.29) is 17.6 Å². The third kappa shape index (κ3) is 2.68. The molecule has 0 aliphatic carbocycles. The van der Waals surface area contributed by atoms with Crippen LogP contribution in [0.4, 0.5) is 19.1 Å². The monoisotopic (exact) mass is 255 g/mol. The fourth-order valence-electron chi connectivity index (χ4n) is 1.32. The van der Waals surface area contributed by atoms with Gasteiger partial charge in [-0.15, -0.1) is 0 Å². The lowest BCUT2D eigenvalue weighted by atomic mass is 10.2. The lowest BCUT2D eigenvalue weighted by molar-refractivity contribution is -0.138. The highest BCUT2D eigenvalue weighted by Crippen LogP contribution is 2.37. The molecule has 0 aliphatic rings. The Kier molecular flexibility index (Phi) is 3.05. The second-order valence-electron chi connectivity index (χ2n) is 3.35. The van der Waals surface area contributed by atoms with Crippen LogP contribution in [0.15, 0.2) is 36.5 Å². The molecule has 0 fully saturated rings. The van der Waals surface area contributed by atoms with Crippen molar-refractivity contribution in [1.82, 2.24) is 9.97 Å². The third-order valence-corrected chi connectivity index (χ3v) is 2.06. The maximum atomic E-state index is 12.7. The van der Waals surface area contributed by atoms with E-state index in [1.807, 2.05) is 0 Å². The molecule has 2 aromatic rings. The minimum absolute atomic E-state index is 0.0424. The van der Waals surface area contributed by atoms with Gasteiger partial charge in [0, 0.05) is 12.3 Å². The highest BCUT2D eigenvalue weighted by atomic mass is 19.4. The Morgan fingerprint density at radius 3 is 2.50 bits per heavy atom. The van der Waals surface area contributed by atoms with Crippen LogP contribution in [0, 0.1) is 0 Å². The zero-order chi connectivity index (χ0) is 13.2. The number of para-hydroxylation sites is 1. The number of anilines is 1. The van der Waals surface area contributed by atoms with E-state index in [4.69, 9.17) is 10.5 Å². The zero-order valence-electron chi connectivity index (χ0n) is 8.98. The Hall–Kier alpha value is -2.31. The zero-order valence-corrected chi connectivity index (χ0v) is 8.98. The maximum absolute atomic E-state index is 12.7. The van der Waals surface area contributed by atoms with Crippen LogP contribution < -0.4 is 10.5 Å². The number of nitrogen functional groups attached to an aromatic ring is 1. The van der Waals surface area contributed by atoms with E-state index in [1.54, 1.807) is 0 Å². The molecule has 1 aromatic heterocycles. The Labute approximate surface area is 100 Å². The molecule has 1 heterocycles. The number of halogens is 3. The van der Waals surface area contributed by atoms with Gasteiger partial charge >= 0.3 is 6.18 Å². The van der Waals surface area contributed by atoms with Crippen molar-refractivity contribution in [2.45, 2.75) is 6.18 Å². The number of hydrogen-bond acceptors (Lipinski definition) is 4. The van der Waals surface area contributed by atoms with Crippen LogP contribution >= 0.6 is 0 Å². The van der Waals surface area contributed by atoms with Crippen LogP contribution in [-0.4, -0.2) is 9.97 Å². The van der Waals surface area contributed by atoms with Gasteiger partial charge in [-0.2, -0.15) is 18.2 Å². The predicted molar refractivity (Wildman–Crippen MR) is 58.0 cm³/mol. The number of benzene rings is 1. The Bertz CT molecular complexity index is 557. The summed E-state index contributed by atoms with van der Waals surface area (Å²) in [4.78, 5) is 7.29. The fraction of sp³-hybridized carbons (Fsp3) is 0.0909. The molecule has 2 rings (SSSR count). The van der Waals surface area contributed by atoms with Crippen LogP contribution in [0.1, 0.15) is 5.56 Å². The molecule has 0 unspecified atom stereocenters. The molecule has 4 nitrogen and oxygen atoms in total. The minimum atomic E-state index is -4.49. The third-order valence-electron chi connectivity index (χ3n) is 2.06. The molecule has 0 amide bonds. The van der Waals surface area contributed by atoms with Gasteiger partial charge in [0.1, 0.15) is 5.75 Å². The van der Waals surface area contributed by atoms with Gasteiger partial charge in [-0.1, -0.05) is 12.1 Å². The van der Waals surface area contributed by atoms with E-state index in [0.717, 1.165) is 6.07 Å². The van der Waals surface area contributed by atoms with E-state index >= 15 is 0 Å². The normalized spacial score (nSPS) is 11.3. The van der Waals surface area contributed by atoms with Gasteiger partial charge in [0.2, 0.25) is 11.8 Å². The predicted octanol–water partition coefficient (Wildman–Crippen LogP) is 2.87. The van der Waals surface area contributed by atoms with Gasteiger partial charge < -0.3 is 10.5 Å². The van der Waals surface area contributed by atoms with E-state index in [2.05, 4.69) is 9.97 Å². The minimum Gasteiger partial charge on any atom is -0.438 e. The van der Waals surface area contributed by atoms with Gasteiger partial charge in [-0.25, -0.2) is 4.98 Å². The summed E-state index contributed by atoms with van der Waals surface area (Å²) in [5.41, 5.74) is 4.44. The first-order valence-electron chi connectivity index (χ1n) is 4.89. The first-order chi connectivity index (χ1) is 8.47.